The zero-order valence-electron chi connectivity index (χ0n) is 32.7. The van der Waals surface area contributed by atoms with Gasteiger partial charge in [-0.15, -0.1) is 9.13 Å². The van der Waals surface area contributed by atoms with Gasteiger partial charge in [-0.3, -0.25) is 0 Å². The van der Waals surface area contributed by atoms with Crippen molar-refractivity contribution in [2.75, 3.05) is 0 Å². The maximum atomic E-state index is 7.07. The number of para-hydroxylation sites is 2. The summed E-state index contributed by atoms with van der Waals surface area (Å²) < 4.78 is 15.0. The molecule has 268 valence electrons. The van der Waals surface area contributed by atoms with Crippen LogP contribution in [0.15, 0.2) is 132 Å². The summed E-state index contributed by atoms with van der Waals surface area (Å²) in [7, 11) is -1.81. The molecule has 2 aliphatic rings. The maximum absolute atomic E-state index is 7.07. The number of hydrogen-bond acceptors (Lipinski definition) is 1. The second-order valence-corrected chi connectivity index (χ2v) is 22.5. The fraction of sp³-hybridized carbons (Fsp3) is 0.200. The van der Waals surface area contributed by atoms with Crippen LogP contribution >= 0.6 is 0 Å². The molecule has 11 rings (SSSR count). The van der Waals surface area contributed by atoms with Crippen LogP contribution in [-0.4, -0.2) is 12.6 Å². The van der Waals surface area contributed by atoms with Crippen LogP contribution < -0.4 is 14.3 Å². The number of imidazole rings is 1. The fourth-order valence-corrected chi connectivity index (χ4v) is 11.9. The van der Waals surface area contributed by atoms with E-state index in [1.807, 2.05) is 0 Å². The molecule has 5 heteroatoms. The van der Waals surface area contributed by atoms with Crippen molar-refractivity contribution in [2.24, 2.45) is 5.92 Å². The number of pyridine rings is 1. The summed E-state index contributed by atoms with van der Waals surface area (Å²) >= 11 is 0. The maximum Gasteiger partial charge on any atom is 0.364 e. The Balaban J connectivity index is 1.42. The topological polar surface area (TPSA) is 25.8 Å². The zero-order chi connectivity index (χ0) is 37.5. The van der Waals surface area contributed by atoms with E-state index in [2.05, 4.69) is 189 Å². The minimum atomic E-state index is -1.81. The number of nitrogens with zero attached hydrogens (tertiary/aromatic N) is 3. The number of aromatic nitrogens is 3. The van der Waals surface area contributed by atoms with Gasteiger partial charge in [0.15, 0.2) is 22.8 Å². The molecule has 0 amide bonds. The van der Waals surface area contributed by atoms with Gasteiger partial charge in [0.2, 0.25) is 5.69 Å². The lowest BCUT2D eigenvalue weighted by Gasteiger charge is -2.24. The monoisotopic (exact) mass is 731 g/mol. The van der Waals surface area contributed by atoms with Crippen LogP contribution in [0.4, 0.5) is 0 Å². The standard InChI is InChI=1S/C50H45N3OSi/c1-30(2)25-35-28-41-38-20-10-12-21-39(38)50(51(41)29-45(35)55(5,6)7)40-24-23-37-36-19-11-13-22-44(36)54-48(37)46(40)49-52(47-31(3)15-14-16-32(47)4)42-26-33-17-8-9-18-34(33)27-43(42)53(49)50/h8-24,26-30H,25H2,1-7H3/q+2. The third-order valence-corrected chi connectivity index (χ3v) is 14.5. The summed E-state index contributed by atoms with van der Waals surface area (Å²) in [4.78, 5) is 0. The quantitative estimate of drug-likeness (QED) is 0.131. The Morgan fingerprint density at radius 3 is 2.20 bits per heavy atom. The Kier molecular flexibility index (Phi) is 6.61. The molecule has 1 spiro atoms. The van der Waals surface area contributed by atoms with E-state index in [0.717, 1.165) is 39.7 Å². The van der Waals surface area contributed by atoms with E-state index in [0.29, 0.717) is 5.92 Å². The first-order valence-corrected chi connectivity index (χ1v) is 23.3. The third-order valence-electron chi connectivity index (χ3n) is 12.4. The van der Waals surface area contributed by atoms with Gasteiger partial charge < -0.3 is 4.42 Å². The molecule has 0 radical (unpaired) electrons. The van der Waals surface area contributed by atoms with Crippen molar-refractivity contribution in [3.8, 4) is 28.3 Å². The zero-order valence-corrected chi connectivity index (χ0v) is 33.7. The van der Waals surface area contributed by atoms with Crippen molar-refractivity contribution in [2.45, 2.75) is 59.4 Å². The summed E-state index contributed by atoms with van der Waals surface area (Å²) in [5, 5.41) is 6.28. The summed E-state index contributed by atoms with van der Waals surface area (Å²) in [6.45, 7) is 16.7. The van der Waals surface area contributed by atoms with Crippen molar-refractivity contribution < 1.29 is 13.6 Å². The number of fused-ring (bicyclic) bond motifs is 17. The molecular formula is C50H45N3OSi+2. The van der Waals surface area contributed by atoms with E-state index in [1.54, 1.807) is 0 Å². The fourth-order valence-electron chi connectivity index (χ4n) is 10.3. The molecule has 4 nitrogen and oxygen atoms in total. The van der Waals surface area contributed by atoms with Crippen LogP contribution in [0.2, 0.25) is 19.6 Å². The summed E-state index contributed by atoms with van der Waals surface area (Å²) in [5.41, 5.74) is 15.0. The van der Waals surface area contributed by atoms with E-state index >= 15 is 0 Å². The lowest BCUT2D eigenvalue weighted by molar-refractivity contribution is -0.944. The average Bonchev–Trinajstić information content (AvgIpc) is 3.86. The van der Waals surface area contributed by atoms with Crippen LogP contribution in [0.25, 0.3) is 72.1 Å². The van der Waals surface area contributed by atoms with E-state index in [-0.39, 0.29) is 0 Å². The molecule has 1 unspecified atom stereocenters. The van der Waals surface area contributed by atoms with Gasteiger partial charge in [0.25, 0.3) is 0 Å². The first-order chi connectivity index (χ1) is 26.6. The predicted molar refractivity (Wildman–Crippen MR) is 228 cm³/mol. The highest BCUT2D eigenvalue weighted by Crippen LogP contribution is 2.53. The highest BCUT2D eigenvalue weighted by Gasteiger charge is 2.67. The molecule has 0 saturated carbocycles. The Morgan fingerprint density at radius 2 is 1.44 bits per heavy atom. The molecule has 5 heterocycles. The molecule has 0 N–H and O–H groups in total. The number of aryl methyl sites for hydroxylation is 2. The Labute approximate surface area is 322 Å². The lowest BCUT2D eigenvalue weighted by atomic mass is 9.88. The molecule has 6 aromatic carbocycles. The van der Waals surface area contributed by atoms with Crippen molar-refractivity contribution >= 4 is 57.0 Å². The van der Waals surface area contributed by atoms with Gasteiger partial charge in [0.1, 0.15) is 16.8 Å². The van der Waals surface area contributed by atoms with Crippen LogP contribution in [-0.2, 0) is 12.1 Å². The van der Waals surface area contributed by atoms with Gasteiger partial charge in [-0.25, -0.2) is 0 Å². The Hall–Kier alpha value is -5.78. The highest BCUT2D eigenvalue weighted by atomic mass is 28.3. The molecule has 9 aromatic rings. The summed E-state index contributed by atoms with van der Waals surface area (Å²) in [6.07, 6.45) is 3.65. The average molecular weight is 732 g/mol. The van der Waals surface area contributed by atoms with E-state index < -0.39 is 13.7 Å². The molecule has 55 heavy (non-hydrogen) atoms. The number of benzene rings is 6. The van der Waals surface area contributed by atoms with Crippen molar-refractivity contribution in [3.63, 3.8) is 0 Å². The van der Waals surface area contributed by atoms with E-state index in [1.165, 1.54) is 71.8 Å². The minimum Gasteiger partial charge on any atom is -0.455 e. The van der Waals surface area contributed by atoms with Crippen molar-refractivity contribution in [3.05, 3.63) is 155 Å². The van der Waals surface area contributed by atoms with Gasteiger partial charge in [0, 0.05) is 22.0 Å². The van der Waals surface area contributed by atoms with Crippen LogP contribution in [0.5, 0.6) is 0 Å². The largest absolute Gasteiger partial charge is 0.455 e. The summed E-state index contributed by atoms with van der Waals surface area (Å²) in [6, 6.07) is 45.4. The Morgan fingerprint density at radius 1 is 0.727 bits per heavy atom. The van der Waals surface area contributed by atoms with E-state index in [4.69, 9.17) is 4.42 Å². The van der Waals surface area contributed by atoms with Gasteiger partial charge in [-0.2, -0.15) is 4.57 Å². The van der Waals surface area contributed by atoms with Crippen molar-refractivity contribution in [1.29, 1.82) is 0 Å². The molecule has 0 aliphatic carbocycles. The van der Waals surface area contributed by atoms with Crippen LogP contribution in [0.1, 0.15) is 41.7 Å². The molecule has 0 fully saturated rings. The number of furan rings is 1. The van der Waals surface area contributed by atoms with E-state index in [9.17, 15) is 0 Å². The smallest absolute Gasteiger partial charge is 0.364 e. The normalized spacial score (nSPS) is 15.9. The summed E-state index contributed by atoms with van der Waals surface area (Å²) in [5.74, 6) is 1.71. The van der Waals surface area contributed by atoms with Gasteiger partial charge in [0.05, 0.1) is 24.8 Å². The van der Waals surface area contributed by atoms with Gasteiger partial charge in [-0.1, -0.05) is 106 Å². The molecule has 3 aromatic heterocycles. The lowest BCUT2D eigenvalue weighted by Crippen LogP contribution is -2.72. The molecule has 1 atom stereocenters. The first-order valence-electron chi connectivity index (χ1n) is 19.8. The third kappa shape index (κ3) is 4.22. The minimum absolute atomic E-state index is 0.557. The number of rotatable bonds is 4. The molecular weight excluding hydrogens is 687 g/mol. The molecule has 2 aliphatic heterocycles. The second-order valence-electron chi connectivity index (χ2n) is 17.4. The molecule has 0 saturated heterocycles. The van der Waals surface area contributed by atoms with Crippen LogP contribution in [0.3, 0.4) is 0 Å². The molecule has 0 bridgehead atoms. The van der Waals surface area contributed by atoms with Gasteiger partial charge >= 0.3 is 11.5 Å². The predicted octanol–water partition coefficient (Wildman–Crippen LogP) is 10.9. The highest BCUT2D eigenvalue weighted by molar-refractivity contribution is 6.89. The first kappa shape index (κ1) is 32.6. The van der Waals surface area contributed by atoms with Gasteiger partial charge in [-0.05, 0) is 96.1 Å². The second kappa shape index (κ2) is 11.1. The number of hydrogen-bond donors (Lipinski definition) is 0. The Bertz CT molecular complexity index is 3100. The SMILES string of the molecule is Cc1cccc(C)c1-n1c2[n+](c3cc4ccccc4cc31)C1(c3ccccc3-c3cc(CC(C)C)c([Si](C)(C)C)c[n+]31)c1ccc3c(oc4ccccc43)c1-2. The van der Waals surface area contributed by atoms with Crippen LogP contribution in [0, 0.1) is 19.8 Å². The van der Waals surface area contributed by atoms with Crippen molar-refractivity contribution in [1.82, 2.24) is 4.57 Å².